The van der Waals surface area contributed by atoms with Crippen molar-refractivity contribution in [1.29, 1.82) is 0 Å². The van der Waals surface area contributed by atoms with Crippen LogP contribution >= 0.6 is 23.2 Å². The minimum Gasteiger partial charge on any atom is -0.216 e. The van der Waals surface area contributed by atoms with Gasteiger partial charge in [0.25, 0.3) is 0 Å². The first-order valence-corrected chi connectivity index (χ1v) is 9.50. The molecule has 0 aliphatic rings. The van der Waals surface area contributed by atoms with Crippen LogP contribution in [-0.2, 0) is 12.4 Å². The van der Waals surface area contributed by atoms with Crippen molar-refractivity contribution in [3.63, 3.8) is 0 Å². The molecule has 0 aliphatic carbocycles. The number of nitrogens with zero attached hydrogens (tertiary/aromatic N) is 3. The Morgan fingerprint density at radius 1 is 0.594 bits per heavy atom. The zero-order chi connectivity index (χ0) is 23.5. The number of aromatic nitrogens is 1. The van der Waals surface area contributed by atoms with Crippen LogP contribution in [0.2, 0.25) is 0 Å². The monoisotopic (exact) mass is 489 g/mol. The Morgan fingerprint density at radius 3 is 1.25 bits per heavy atom. The second-order valence-corrected chi connectivity index (χ2v) is 7.03. The maximum atomic E-state index is 12.7. The molecule has 166 valence electrons. The maximum Gasteiger partial charge on any atom is 0.416 e. The standard InChI is InChI=1S/C21H11Cl2F6N3/c22-18(12-4-8-14(9-5-12)20(24,25)26)31-16-2-1-3-17(30-16)32-19(23)13-6-10-15(11-7-13)21(27,28)29/h1-11H/b31-18-,32-19?. The Morgan fingerprint density at radius 2 is 0.938 bits per heavy atom. The van der Waals surface area contributed by atoms with Crippen molar-refractivity contribution in [2.75, 3.05) is 0 Å². The first kappa shape index (κ1) is 23.7. The van der Waals surface area contributed by atoms with E-state index in [2.05, 4.69) is 15.0 Å². The van der Waals surface area contributed by atoms with Gasteiger partial charge in [0.2, 0.25) is 0 Å². The summed E-state index contributed by atoms with van der Waals surface area (Å²) in [6.07, 6.45) is -8.94. The maximum absolute atomic E-state index is 12.7. The van der Waals surface area contributed by atoms with Gasteiger partial charge in [-0.1, -0.05) is 53.5 Å². The Kier molecular flexibility index (Phi) is 6.90. The molecule has 0 N–H and O–H groups in total. The van der Waals surface area contributed by atoms with E-state index in [0.717, 1.165) is 24.3 Å². The molecule has 0 saturated carbocycles. The SMILES string of the molecule is FC(F)(F)c1ccc(C(Cl)=Nc2cccc(/N=C(\Cl)c3ccc(C(F)(F)F)cc3)n2)cc1. The fraction of sp³-hybridized carbons (Fsp3) is 0.0952. The van der Waals surface area contributed by atoms with Crippen LogP contribution in [0, 0.1) is 0 Å². The molecule has 1 aromatic heterocycles. The van der Waals surface area contributed by atoms with Gasteiger partial charge in [-0.2, -0.15) is 26.3 Å². The third-order valence-corrected chi connectivity index (χ3v) is 4.65. The largest absolute Gasteiger partial charge is 0.416 e. The van der Waals surface area contributed by atoms with Crippen LogP contribution in [0.15, 0.2) is 76.7 Å². The Balaban J connectivity index is 1.81. The van der Waals surface area contributed by atoms with Crippen molar-refractivity contribution in [3.05, 3.63) is 89.0 Å². The highest BCUT2D eigenvalue weighted by Crippen LogP contribution is 2.30. The second-order valence-electron chi connectivity index (χ2n) is 6.31. The summed E-state index contributed by atoms with van der Waals surface area (Å²) < 4.78 is 76.0. The number of hydrogen-bond acceptors (Lipinski definition) is 3. The van der Waals surface area contributed by atoms with E-state index in [-0.39, 0.29) is 33.1 Å². The lowest BCUT2D eigenvalue weighted by Gasteiger charge is -2.07. The zero-order valence-corrected chi connectivity index (χ0v) is 17.2. The number of halogens is 8. The predicted octanol–water partition coefficient (Wildman–Crippen LogP) is 7.75. The van der Waals surface area contributed by atoms with Gasteiger partial charge in [-0.15, -0.1) is 0 Å². The first-order valence-electron chi connectivity index (χ1n) is 8.74. The first-order chi connectivity index (χ1) is 14.9. The fourth-order valence-electron chi connectivity index (χ4n) is 2.46. The fourth-order valence-corrected chi connectivity index (χ4v) is 2.89. The average molecular weight is 490 g/mol. The summed E-state index contributed by atoms with van der Waals surface area (Å²) in [5.41, 5.74) is -1.15. The lowest BCUT2D eigenvalue weighted by atomic mass is 10.1. The molecule has 3 nitrogen and oxygen atoms in total. The highest BCUT2D eigenvalue weighted by atomic mass is 35.5. The number of benzene rings is 2. The molecule has 2 aromatic carbocycles. The van der Waals surface area contributed by atoms with Gasteiger partial charge in [0.1, 0.15) is 10.3 Å². The van der Waals surface area contributed by atoms with Gasteiger partial charge in [0.05, 0.1) is 11.1 Å². The quantitative estimate of drug-likeness (QED) is 0.272. The van der Waals surface area contributed by atoms with Crippen LogP contribution in [0.25, 0.3) is 0 Å². The van der Waals surface area contributed by atoms with Crippen molar-refractivity contribution in [2.45, 2.75) is 12.4 Å². The normalized spacial score (nSPS) is 13.4. The van der Waals surface area contributed by atoms with Gasteiger partial charge in [-0.25, -0.2) is 15.0 Å². The van der Waals surface area contributed by atoms with Crippen LogP contribution in [0.1, 0.15) is 22.3 Å². The number of alkyl halides is 6. The molecule has 1 heterocycles. The van der Waals surface area contributed by atoms with E-state index in [4.69, 9.17) is 23.2 Å². The summed E-state index contributed by atoms with van der Waals surface area (Å²) in [5.74, 6) is 0.209. The van der Waals surface area contributed by atoms with Gasteiger partial charge in [0.15, 0.2) is 11.6 Å². The summed E-state index contributed by atoms with van der Waals surface area (Å²) >= 11 is 12.2. The van der Waals surface area contributed by atoms with Crippen LogP contribution in [0.3, 0.4) is 0 Å². The van der Waals surface area contributed by atoms with E-state index in [9.17, 15) is 26.3 Å². The van der Waals surface area contributed by atoms with E-state index in [0.29, 0.717) is 0 Å². The van der Waals surface area contributed by atoms with Gasteiger partial charge < -0.3 is 0 Å². The molecular weight excluding hydrogens is 479 g/mol. The Labute approximate surface area is 188 Å². The minimum atomic E-state index is -4.47. The lowest BCUT2D eigenvalue weighted by Crippen LogP contribution is -2.05. The van der Waals surface area contributed by atoms with Crippen LogP contribution in [0.5, 0.6) is 0 Å². The summed E-state index contributed by atoms with van der Waals surface area (Å²) in [4.78, 5) is 12.2. The lowest BCUT2D eigenvalue weighted by molar-refractivity contribution is -0.138. The van der Waals surface area contributed by atoms with Gasteiger partial charge in [-0.3, -0.25) is 0 Å². The molecule has 3 rings (SSSR count). The predicted molar refractivity (Wildman–Crippen MR) is 111 cm³/mol. The van der Waals surface area contributed by atoms with E-state index in [1.807, 2.05) is 0 Å². The molecule has 0 radical (unpaired) electrons. The molecule has 0 aliphatic heterocycles. The smallest absolute Gasteiger partial charge is 0.216 e. The summed E-state index contributed by atoms with van der Waals surface area (Å²) in [6, 6.07) is 12.7. The molecule has 0 spiro atoms. The van der Waals surface area contributed by atoms with E-state index < -0.39 is 23.5 Å². The number of hydrogen-bond donors (Lipinski definition) is 0. The van der Waals surface area contributed by atoms with Crippen molar-refractivity contribution in [2.24, 2.45) is 9.98 Å². The molecule has 3 aromatic rings. The van der Waals surface area contributed by atoms with Gasteiger partial charge in [-0.05, 0) is 36.4 Å². The molecule has 0 atom stereocenters. The van der Waals surface area contributed by atoms with Gasteiger partial charge >= 0.3 is 12.4 Å². The van der Waals surface area contributed by atoms with Crippen molar-refractivity contribution in [3.8, 4) is 0 Å². The molecule has 0 bridgehead atoms. The number of rotatable bonds is 4. The van der Waals surface area contributed by atoms with Gasteiger partial charge in [0, 0.05) is 11.1 Å². The molecule has 0 saturated heterocycles. The summed E-state index contributed by atoms with van der Waals surface area (Å²) in [7, 11) is 0. The van der Waals surface area contributed by atoms with Crippen molar-refractivity contribution < 1.29 is 26.3 Å². The van der Waals surface area contributed by atoms with Crippen molar-refractivity contribution >= 4 is 45.2 Å². The summed E-state index contributed by atoms with van der Waals surface area (Å²) in [5, 5.41) is -0.192. The molecule has 0 amide bonds. The molecular formula is C21H11Cl2F6N3. The topological polar surface area (TPSA) is 37.6 Å². The third kappa shape index (κ3) is 6.08. The van der Waals surface area contributed by atoms with Crippen LogP contribution in [-0.4, -0.2) is 15.3 Å². The van der Waals surface area contributed by atoms with Crippen LogP contribution in [0.4, 0.5) is 38.0 Å². The average Bonchev–Trinajstić information content (AvgIpc) is 2.73. The second kappa shape index (κ2) is 9.30. The highest BCUT2D eigenvalue weighted by Gasteiger charge is 2.30. The Bertz CT molecular complexity index is 1060. The van der Waals surface area contributed by atoms with E-state index >= 15 is 0 Å². The van der Waals surface area contributed by atoms with E-state index in [1.54, 1.807) is 6.07 Å². The third-order valence-electron chi connectivity index (χ3n) is 4.05. The van der Waals surface area contributed by atoms with Crippen molar-refractivity contribution in [1.82, 2.24) is 4.98 Å². The Hall–Kier alpha value is -2.91. The summed E-state index contributed by atoms with van der Waals surface area (Å²) in [6.45, 7) is 0. The van der Waals surface area contributed by atoms with Crippen LogP contribution < -0.4 is 0 Å². The van der Waals surface area contributed by atoms with E-state index in [1.165, 1.54) is 36.4 Å². The molecule has 0 fully saturated rings. The highest BCUT2D eigenvalue weighted by molar-refractivity contribution is 6.70. The zero-order valence-electron chi connectivity index (χ0n) is 15.7. The number of pyridine rings is 1. The molecule has 0 unspecified atom stereocenters. The number of aliphatic imine (C=N–C) groups is 2. The molecule has 11 heteroatoms. The molecule has 32 heavy (non-hydrogen) atoms. The minimum absolute atomic E-state index is 0.0961.